The van der Waals surface area contributed by atoms with Gasteiger partial charge < -0.3 is 20.1 Å². The Morgan fingerprint density at radius 3 is 1.93 bits per heavy atom. The van der Waals surface area contributed by atoms with Crippen LogP contribution in [0.5, 0.6) is 11.5 Å². The highest BCUT2D eigenvalue weighted by atomic mass is 19.4. The minimum Gasteiger partial charge on any atom is -0.475 e. The van der Waals surface area contributed by atoms with Crippen LogP contribution in [0.25, 0.3) is 0 Å². The summed E-state index contributed by atoms with van der Waals surface area (Å²) in [6.45, 7) is 3.83. The zero-order valence-corrected chi connectivity index (χ0v) is 15.9. The molecule has 9 heteroatoms. The van der Waals surface area contributed by atoms with Crippen LogP contribution in [0.1, 0.15) is 10.4 Å². The summed E-state index contributed by atoms with van der Waals surface area (Å²) in [6.07, 6.45) is -5.08. The molecule has 2 fully saturated rings. The number of ether oxygens (including phenoxy) is 1. The fourth-order valence-corrected chi connectivity index (χ4v) is 3.49. The lowest BCUT2D eigenvalue weighted by Gasteiger charge is -2.17. The number of para-hydroxylation sites is 1. The highest BCUT2D eigenvalue weighted by Gasteiger charge is 2.39. The molecule has 2 aliphatic heterocycles. The van der Waals surface area contributed by atoms with Gasteiger partial charge >= 0.3 is 12.1 Å². The highest BCUT2D eigenvalue weighted by molar-refractivity contribution is 5.94. The van der Waals surface area contributed by atoms with Gasteiger partial charge in [0.25, 0.3) is 5.91 Å². The van der Waals surface area contributed by atoms with Crippen molar-refractivity contribution in [2.24, 2.45) is 11.8 Å². The average Bonchev–Trinajstić information content (AvgIpc) is 3.31. The first-order valence-corrected chi connectivity index (χ1v) is 9.37. The lowest BCUT2D eigenvalue weighted by atomic mass is 10.0. The second kappa shape index (κ2) is 9.17. The first kappa shape index (κ1) is 21.6. The Morgan fingerprint density at radius 2 is 1.43 bits per heavy atom. The number of amides is 1. The number of aliphatic carboxylic acids is 1. The molecule has 2 atom stereocenters. The Kier molecular flexibility index (Phi) is 6.61. The first-order chi connectivity index (χ1) is 14.2. The number of benzene rings is 2. The Bertz CT molecular complexity index is 860. The van der Waals surface area contributed by atoms with Crippen LogP contribution in [0.2, 0.25) is 0 Å². The maximum atomic E-state index is 12.6. The van der Waals surface area contributed by atoms with Crippen molar-refractivity contribution in [3.05, 3.63) is 60.2 Å². The van der Waals surface area contributed by atoms with Crippen LogP contribution in [0.3, 0.4) is 0 Å². The number of carboxylic acids is 1. The van der Waals surface area contributed by atoms with E-state index in [1.165, 1.54) is 0 Å². The molecule has 1 amide bonds. The Morgan fingerprint density at radius 1 is 0.933 bits per heavy atom. The predicted octanol–water partition coefficient (Wildman–Crippen LogP) is 3.40. The van der Waals surface area contributed by atoms with Gasteiger partial charge in [0, 0.05) is 31.7 Å². The number of nitrogens with zero attached hydrogens (tertiary/aromatic N) is 1. The molecule has 6 nitrogen and oxygen atoms in total. The minimum absolute atomic E-state index is 0.130. The number of hydrogen-bond acceptors (Lipinski definition) is 4. The van der Waals surface area contributed by atoms with Crippen molar-refractivity contribution < 1.29 is 32.6 Å². The quantitative estimate of drug-likeness (QED) is 0.793. The Balaban J connectivity index is 0.000000318. The van der Waals surface area contributed by atoms with Gasteiger partial charge in [0.2, 0.25) is 0 Å². The number of nitrogens with one attached hydrogen (secondary N) is 1. The fourth-order valence-electron chi connectivity index (χ4n) is 3.49. The molecule has 2 aromatic rings. The zero-order valence-electron chi connectivity index (χ0n) is 15.9. The van der Waals surface area contributed by atoms with Crippen molar-refractivity contribution in [2.45, 2.75) is 6.18 Å². The topological polar surface area (TPSA) is 78.9 Å². The molecule has 2 unspecified atom stereocenters. The van der Waals surface area contributed by atoms with Gasteiger partial charge in [0.1, 0.15) is 11.5 Å². The summed E-state index contributed by atoms with van der Waals surface area (Å²) in [5.41, 5.74) is 0.735. The van der Waals surface area contributed by atoms with Gasteiger partial charge in [-0.05, 0) is 48.2 Å². The molecule has 4 rings (SSSR count). The SMILES string of the molecule is O=C(O)C(F)(F)F.O=C(c1ccc(Oc2ccccc2)cc1)N1CC2CNCC2C1. The first-order valence-electron chi connectivity index (χ1n) is 9.37. The van der Waals surface area contributed by atoms with Crippen molar-refractivity contribution in [1.29, 1.82) is 0 Å². The molecule has 0 aliphatic carbocycles. The molecule has 160 valence electrons. The summed E-state index contributed by atoms with van der Waals surface area (Å²) in [6, 6.07) is 17.1. The van der Waals surface area contributed by atoms with Crippen LogP contribution >= 0.6 is 0 Å². The van der Waals surface area contributed by atoms with Crippen molar-refractivity contribution in [3.8, 4) is 11.5 Å². The zero-order chi connectivity index (χ0) is 21.7. The molecule has 0 aromatic heterocycles. The summed E-state index contributed by atoms with van der Waals surface area (Å²) in [5, 5.41) is 10.5. The third-order valence-corrected chi connectivity index (χ3v) is 5.00. The van der Waals surface area contributed by atoms with Crippen LogP contribution in [0, 0.1) is 11.8 Å². The molecule has 2 N–H and O–H groups in total. The van der Waals surface area contributed by atoms with Gasteiger partial charge in [0.05, 0.1) is 0 Å². The van der Waals surface area contributed by atoms with Gasteiger partial charge in [-0.15, -0.1) is 0 Å². The molecule has 2 saturated heterocycles. The van der Waals surface area contributed by atoms with Crippen molar-refractivity contribution >= 4 is 11.9 Å². The molecule has 0 radical (unpaired) electrons. The monoisotopic (exact) mass is 422 g/mol. The predicted molar refractivity (Wildman–Crippen MR) is 102 cm³/mol. The van der Waals surface area contributed by atoms with E-state index in [0.29, 0.717) is 11.8 Å². The third kappa shape index (κ3) is 5.50. The van der Waals surface area contributed by atoms with E-state index in [9.17, 15) is 18.0 Å². The van der Waals surface area contributed by atoms with Crippen molar-refractivity contribution in [2.75, 3.05) is 26.2 Å². The maximum absolute atomic E-state index is 12.6. The van der Waals surface area contributed by atoms with Crippen LogP contribution in [-0.2, 0) is 4.79 Å². The lowest BCUT2D eigenvalue weighted by Crippen LogP contribution is -2.31. The summed E-state index contributed by atoms with van der Waals surface area (Å²) < 4.78 is 37.5. The van der Waals surface area contributed by atoms with E-state index >= 15 is 0 Å². The molecule has 0 bridgehead atoms. The van der Waals surface area contributed by atoms with E-state index < -0.39 is 12.1 Å². The molecule has 2 aromatic carbocycles. The summed E-state index contributed by atoms with van der Waals surface area (Å²) >= 11 is 0. The molecule has 30 heavy (non-hydrogen) atoms. The molecule has 2 heterocycles. The van der Waals surface area contributed by atoms with Crippen LogP contribution in [0.15, 0.2) is 54.6 Å². The second-order valence-electron chi connectivity index (χ2n) is 7.13. The number of halogens is 3. The number of likely N-dealkylation sites (tertiary alicyclic amines) is 1. The highest BCUT2D eigenvalue weighted by Crippen LogP contribution is 2.28. The number of hydrogen-bond donors (Lipinski definition) is 2. The van der Waals surface area contributed by atoms with Crippen molar-refractivity contribution in [1.82, 2.24) is 10.2 Å². The summed E-state index contributed by atoms with van der Waals surface area (Å²) in [7, 11) is 0. The van der Waals surface area contributed by atoms with Gasteiger partial charge in [0.15, 0.2) is 0 Å². The largest absolute Gasteiger partial charge is 0.490 e. The van der Waals surface area contributed by atoms with Crippen molar-refractivity contribution in [3.63, 3.8) is 0 Å². The molecule has 2 aliphatic rings. The lowest BCUT2D eigenvalue weighted by molar-refractivity contribution is -0.192. The molecular weight excluding hydrogens is 401 g/mol. The third-order valence-electron chi connectivity index (χ3n) is 5.00. The Hall–Kier alpha value is -3.07. The van der Waals surface area contributed by atoms with E-state index in [2.05, 4.69) is 5.32 Å². The number of alkyl halides is 3. The molecule has 0 spiro atoms. The number of carbonyl (C=O) groups is 2. The summed E-state index contributed by atoms with van der Waals surface area (Å²) in [4.78, 5) is 23.5. The van der Waals surface area contributed by atoms with Crippen LogP contribution in [-0.4, -0.2) is 54.2 Å². The van der Waals surface area contributed by atoms with E-state index in [4.69, 9.17) is 14.6 Å². The van der Waals surface area contributed by atoms with Gasteiger partial charge in [-0.2, -0.15) is 13.2 Å². The number of carboxylic acid groups (broad SMARTS) is 1. The van der Waals surface area contributed by atoms with Gasteiger partial charge in [-0.1, -0.05) is 18.2 Å². The number of carbonyl (C=O) groups excluding carboxylic acids is 1. The van der Waals surface area contributed by atoms with Gasteiger partial charge in [-0.25, -0.2) is 4.79 Å². The second-order valence-corrected chi connectivity index (χ2v) is 7.13. The molecule has 0 saturated carbocycles. The van der Waals surface area contributed by atoms with Gasteiger partial charge in [-0.3, -0.25) is 4.79 Å². The Labute approximate surface area is 171 Å². The van der Waals surface area contributed by atoms with E-state index in [-0.39, 0.29) is 5.91 Å². The van der Waals surface area contributed by atoms with E-state index in [1.807, 2.05) is 59.5 Å². The van der Waals surface area contributed by atoms with E-state index in [0.717, 1.165) is 43.2 Å². The van der Waals surface area contributed by atoms with E-state index in [1.54, 1.807) is 0 Å². The summed E-state index contributed by atoms with van der Waals surface area (Å²) in [5.74, 6) is 0.166. The van der Waals surface area contributed by atoms with Crippen LogP contribution in [0.4, 0.5) is 13.2 Å². The van der Waals surface area contributed by atoms with Crippen LogP contribution < -0.4 is 10.1 Å². The number of fused-ring (bicyclic) bond motifs is 1. The smallest absolute Gasteiger partial charge is 0.475 e. The maximum Gasteiger partial charge on any atom is 0.490 e. The molecular formula is C21H21F3N2O4. The standard InChI is InChI=1S/C19H20N2O2.C2HF3O2/c22-19(21-12-15-10-20-11-16(15)13-21)14-6-8-18(9-7-14)23-17-4-2-1-3-5-17;3-2(4,5)1(6)7/h1-9,15-16,20H,10-13H2;(H,6,7). The normalized spacial score (nSPS) is 20.2. The minimum atomic E-state index is -5.08. The number of rotatable bonds is 3. The average molecular weight is 422 g/mol. The fraction of sp³-hybridized carbons (Fsp3) is 0.333.